The molecule has 3 rings (SSSR count). The first-order valence-corrected chi connectivity index (χ1v) is 7.47. The number of carbonyl (C=O) groups is 2. The van der Waals surface area contributed by atoms with Crippen LogP contribution in [-0.4, -0.2) is 54.3 Å². The summed E-state index contributed by atoms with van der Waals surface area (Å²) in [6, 6.07) is 5.35. The highest BCUT2D eigenvalue weighted by molar-refractivity contribution is 6.30. The number of carboxylic acids is 1. The molecule has 1 aromatic rings. The molecule has 1 fully saturated rings. The van der Waals surface area contributed by atoms with Gasteiger partial charge in [0, 0.05) is 11.6 Å². The molecule has 0 radical (unpaired) electrons. The molecule has 2 aliphatic rings. The number of amides is 1. The molecular weight excluding hydrogens is 310 g/mol. The molecule has 0 bridgehead atoms. The van der Waals surface area contributed by atoms with Crippen LogP contribution < -0.4 is 4.74 Å². The fraction of sp³-hybridized carbons (Fsp3) is 0.467. The van der Waals surface area contributed by atoms with E-state index in [1.807, 2.05) is 0 Å². The number of carbonyl (C=O) groups excluding carboxylic acids is 1. The average Bonchev–Trinajstić information content (AvgIpc) is 2.53. The Hall–Kier alpha value is -1.79. The molecule has 1 aromatic carbocycles. The maximum Gasteiger partial charge on any atom is 0.334 e. The van der Waals surface area contributed by atoms with E-state index in [1.54, 1.807) is 23.1 Å². The van der Waals surface area contributed by atoms with Crippen molar-refractivity contribution in [3.8, 4) is 5.75 Å². The van der Waals surface area contributed by atoms with Crippen LogP contribution >= 0.6 is 11.6 Å². The number of morpholine rings is 1. The molecule has 0 spiro atoms. The first-order chi connectivity index (χ1) is 10.5. The van der Waals surface area contributed by atoms with Crippen LogP contribution in [0.25, 0.3) is 0 Å². The number of hydrogen-bond acceptors (Lipinski definition) is 4. The zero-order valence-corrected chi connectivity index (χ0v) is 12.6. The fourth-order valence-electron chi connectivity index (χ4n) is 2.78. The molecule has 6 nitrogen and oxygen atoms in total. The molecule has 0 unspecified atom stereocenters. The van der Waals surface area contributed by atoms with Crippen molar-refractivity contribution in [1.29, 1.82) is 0 Å². The van der Waals surface area contributed by atoms with Gasteiger partial charge in [0.2, 0.25) is 5.91 Å². The third-order valence-corrected chi connectivity index (χ3v) is 4.17. The molecule has 0 aromatic heterocycles. The highest BCUT2D eigenvalue weighted by Crippen LogP contribution is 2.30. The maximum atomic E-state index is 12.6. The van der Waals surface area contributed by atoms with Crippen LogP contribution in [0.5, 0.6) is 5.75 Å². The first kappa shape index (κ1) is 15.1. The summed E-state index contributed by atoms with van der Waals surface area (Å²) < 4.78 is 10.8. The summed E-state index contributed by atoms with van der Waals surface area (Å²) in [4.78, 5) is 25.1. The minimum absolute atomic E-state index is 0.0765. The van der Waals surface area contributed by atoms with Crippen LogP contribution in [0, 0.1) is 5.92 Å². The lowest BCUT2D eigenvalue weighted by Gasteiger charge is -2.34. The zero-order valence-electron chi connectivity index (χ0n) is 11.8. The molecule has 1 N–H and O–H groups in total. The monoisotopic (exact) mass is 325 g/mol. The molecule has 0 saturated carbocycles. The lowest BCUT2D eigenvalue weighted by molar-refractivity contribution is -0.160. The Labute approximate surface area is 132 Å². The van der Waals surface area contributed by atoms with E-state index in [4.69, 9.17) is 26.2 Å². The van der Waals surface area contributed by atoms with Gasteiger partial charge in [-0.05, 0) is 30.2 Å². The third-order valence-electron chi connectivity index (χ3n) is 3.93. The number of benzene rings is 1. The van der Waals surface area contributed by atoms with Crippen LogP contribution in [0.2, 0.25) is 5.02 Å². The van der Waals surface area contributed by atoms with Crippen LogP contribution in [0.15, 0.2) is 18.2 Å². The van der Waals surface area contributed by atoms with E-state index in [-0.39, 0.29) is 25.0 Å². The SMILES string of the molecule is O=C(O)[C@@H]1CN(C(=O)[C@H]2COc3ccc(Cl)cc3C2)CCO1. The number of aliphatic carboxylic acids is 1. The maximum absolute atomic E-state index is 12.6. The summed E-state index contributed by atoms with van der Waals surface area (Å²) >= 11 is 5.97. The normalized spacial score (nSPS) is 24.3. The van der Waals surface area contributed by atoms with Gasteiger partial charge in [0.15, 0.2) is 6.10 Å². The smallest absolute Gasteiger partial charge is 0.334 e. The van der Waals surface area contributed by atoms with E-state index >= 15 is 0 Å². The molecule has 1 amide bonds. The lowest BCUT2D eigenvalue weighted by atomic mass is 9.95. The summed E-state index contributed by atoms with van der Waals surface area (Å²) in [5.74, 6) is -0.716. The summed E-state index contributed by atoms with van der Waals surface area (Å²) in [6.45, 7) is 1.01. The number of hydrogen-bond donors (Lipinski definition) is 1. The second-order valence-electron chi connectivity index (χ2n) is 5.45. The van der Waals surface area contributed by atoms with Crippen molar-refractivity contribution >= 4 is 23.5 Å². The van der Waals surface area contributed by atoms with Gasteiger partial charge in [-0.1, -0.05) is 11.6 Å². The van der Waals surface area contributed by atoms with Crippen LogP contribution in [-0.2, 0) is 20.7 Å². The van der Waals surface area contributed by atoms with E-state index in [0.29, 0.717) is 24.6 Å². The van der Waals surface area contributed by atoms with Crippen molar-refractivity contribution in [2.75, 3.05) is 26.3 Å². The molecule has 118 valence electrons. The molecule has 2 aliphatic heterocycles. The van der Waals surface area contributed by atoms with Gasteiger partial charge >= 0.3 is 5.97 Å². The second kappa shape index (κ2) is 6.14. The number of fused-ring (bicyclic) bond motifs is 1. The van der Waals surface area contributed by atoms with Gasteiger partial charge in [0.25, 0.3) is 0 Å². The highest BCUT2D eigenvalue weighted by Gasteiger charge is 2.34. The minimum atomic E-state index is -1.05. The largest absolute Gasteiger partial charge is 0.492 e. The van der Waals surface area contributed by atoms with E-state index in [0.717, 1.165) is 11.3 Å². The van der Waals surface area contributed by atoms with Gasteiger partial charge in [-0.25, -0.2) is 4.79 Å². The van der Waals surface area contributed by atoms with Crippen molar-refractivity contribution < 1.29 is 24.2 Å². The van der Waals surface area contributed by atoms with Crippen molar-refractivity contribution in [3.63, 3.8) is 0 Å². The Morgan fingerprint density at radius 3 is 2.95 bits per heavy atom. The molecule has 7 heteroatoms. The van der Waals surface area contributed by atoms with Gasteiger partial charge in [-0.15, -0.1) is 0 Å². The molecule has 0 aliphatic carbocycles. The van der Waals surface area contributed by atoms with Crippen molar-refractivity contribution in [3.05, 3.63) is 28.8 Å². The van der Waals surface area contributed by atoms with Crippen LogP contribution in [0.1, 0.15) is 5.56 Å². The summed E-state index contributed by atoms with van der Waals surface area (Å²) in [5, 5.41) is 9.61. The Bertz CT molecular complexity index is 606. The molecule has 1 saturated heterocycles. The molecule has 2 atom stereocenters. The van der Waals surface area contributed by atoms with E-state index in [1.165, 1.54) is 0 Å². The van der Waals surface area contributed by atoms with Gasteiger partial charge in [0.05, 0.1) is 19.1 Å². The molecule has 22 heavy (non-hydrogen) atoms. The molecular formula is C15H16ClNO5. The number of ether oxygens (including phenoxy) is 2. The lowest BCUT2D eigenvalue weighted by Crippen LogP contribution is -2.51. The summed E-state index contributed by atoms with van der Waals surface area (Å²) in [5.41, 5.74) is 0.903. The Kier molecular flexibility index (Phi) is 4.22. The number of nitrogens with zero attached hydrogens (tertiary/aromatic N) is 1. The number of halogens is 1. The van der Waals surface area contributed by atoms with Gasteiger partial charge in [-0.3, -0.25) is 4.79 Å². The Balaban J connectivity index is 1.69. The predicted molar refractivity (Wildman–Crippen MR) is 78.1 cm³/mol. The van der Waals surface area contributed by atoms with Gasteiger partial charge in [0.1, 0.15) is 12.4 Å². The number of rotatable bonds is 2. The fourth-order valence-corrected chi connectivity index (χ4v) is 2.97. The second-order valence-corrected chi connectivity index (χ2v) is 5.88. The van der Waals surface area contributed by atoms with Gasteiger partial charge in [-0.2, -0.15) is 0 Å². The third kappa shape index (κ3) is 3.03. The van der Waals surface area contributed by atoms with Crippen LogP contribution in [0.4, 0.5) is 0 Å². The number of carboxylic acid groups (broad SMARTS) is 1. The molecule has 2 heterocycles. The topological polar surface area (TPSA) is 76.1 Å². The van der Waals surface area contributed by atoms with Crippen molar-refractivity contribution in [2.24, 2.45) is 5.92 Å². The average molecular weight is 326 g/mol. The van der Waals surface area contributed by atoms with Gasteiger partial charge < -0.3 is 19.5 Å². The standard InChI is InChI=1S/C15H16ClNO5/c16-11-1-2-12-9(6-11)5-10(8-22-12)14(18)17-3-4-21-13(7-17)15(19)20/h1-2,6,10,13H,3-5,7-8H2,(H,19,20)/t10-,13+/m1/s1. The van der Waals surface area contributed by atoms with Crippen molar-refractivity contribution in [2.45, 2.75) is 12.5 Å². The Morgan fingerprint density at radius 2 is 2.18 bits per heavy atom. The zero-order chi connectivity index (χ0) is 15.7. The Morgan fingerprint density at radius 1 is 1.36 bits per heavy atom. The predicted octanol–water partition coefficient (Wildman–Crippen LogP) is 1.20. The van der Waals surface area contributed by atoms with E-state index in [9.17, 15) is 9.59 Å². The summed E-state index contributed by atoms with van der Waals surface area (Å²) in [7, 11) is 0. The first-order valence-electron chi connectivity index (χ1n) is 7.09. The van der Waals surface area contributed by atoms with E-state index < -0.39 is 12.1 Å². The highest BCUT2D eigenvalue weighted by atomic mass is 35.5. The minimum Gasteiger partial charge on any atom is -0.492 e. The van der Waals surface area contributed by atoms with Crippen LogP contribution in [0.3, 0.4) is 0 Å². The summed E-state index contributed by atoms with van der Waals surface area (Å²) in [6.07, 6.45) is -0.409. The van der Waals surface area contributed by atoms with Crippen molar-refractivity contribution in [1.82, 2.24) is 4.90 Å². The quantitative estimate of drug-likeness (QED) is 0.884. The van der Waals surface area contributed by atoms with E-state index in [2.05, 4.69) is 0 Å².